The van der Waals surface area contributed by atoms with E-state index in [0.29, 0.717) is 6.61 Å². The molecule has 0 aromatic rings. The summed E-state index contributed by atoms with van der Waals surface area (Å²) in [4.78, 5) is 0. The summed E-state index contributed by atoms with van der Waals surface area (Å²) < 4.78 is 5.64. The van der Waals surface area contributed by atoms with Gasteiger partial charge in [-0.15, -0.1) is 6.58 Å². The summed E-state index contributed by atoms with van der Waals surface area (Å²) in [6.45, 7) is 13.4. The zero-order valence-electron chi connectivity index (χ0n) is 9.34. The topological polar surface area (TPSA) is 9.23 Å². The van der Waals surface area contributed by atoms with Crippen LogP contribution in [0.2, 0.25) is 25.7 Å². The lowest BCUT2D eigenvalue weighted by Gasteiger charge is -2.21. The van der Waals surface area contributed by atoms with Gasteiger partial charge in [0.15, 0.2) is 0 Å². The van der Waals surface area contributed by atoms with Crippen molar-refractivity contribution in [2.75, 3.05) is 6.61 Å². The zero-order valence-corrected chi connectivity index (χ0v) is 10.3. The normalized spacial score (nSPS) is 14.8. The average Bonchev–Trinajstić information content (AvgIpc) is 1.98. The van der Waals surface area contributed by atoms with Crippen molar-refractivity contribution >= 4 is 8.07 Å². The van der Waals surface area contributed by atoms with Gasteiger partial charge >= 0.3 is 0 Å². The predicted octanol–water partition coefficient (Wildman–Crippen LogP) is 3.47. The van der Waals surface area contributed by atoms with E-state index in [1.807, 2.05) is 6.92 Å². The molecule has 0 saturated heterocycles. The van der Waals surface area contributed by atoms with Gasteiger partial charge in [-0.2, -0.15) is 0 Å². The Labute approximate surface area is 83.5 Å². The van der Waals surface area contributed by atoms with Crippen LogP contribution in [0.1, 0.15) is 6.92 Å². The number of ether oxygens (including phenoxy) is 1. The molecule has 0 bridgehead atoms. The van der Waals surface area contributed by atoms with E-state index in [1.165, 1.54) is 6.04 Å². The van der Waals surface area contributed by atoms with E-state index in [9.17, 15) is 0 Å². The lowest BCUT2D eigenvalue weighted by atomic mass is 10.3. The molecule has 0 radical (unpaired) electrons. The zero-order chi connectivity index (χ0) is 10.3. The highest BCUT2D eigenvalue weighted by Gasteiger charge is 2.18. The van der Waals surface area contributed by atoms with Crippen LogP contribution in [0.3, 0.4) is 0 Å². The molecule has 0 aromatic carbocycles. The first-order chi connectivity index (χ1) is 5.99. The fourth-order valence-corrected chi connectivity index (χ4v) is 2.65. The lowest BCUT2D eigenvalue weighted by molar-refractivity contribution is 0.122. The highest BCUT2D eigenvalue weighted by atomic mass is 28.3. The van der Waals surface area contributed by atoms with E-state index in [-0.39, 0.29) is 6.10 Å². The molecule has 76 valence electrons. The Bertz CT molecular complexity index is 167. The molecule has 0 saturated carbocycles. The molecule has 13 heavy (non-hydrogen) atoms. The van der Waals surface area contributed by atoms with Gasteiger partial charge in [-0.3, -0.25) is 0 Å². The number of hydrogen-bond acceptors (Lipinski definition) is 1. The molecule has 0 aromatic heterocycles. The van der Waals surface area contributed by atoms with E-state index in [1.54, 1.807) is 6.08 Å². The minimum Gasteiger partial charge on any atom is -0.370 e. The molecule has 2 heteroatoms. The van der Waals surface area contributed by atoms with E-state index >= 15 is 0 Å². The van der Waals surface area contributed by atoms with E-state index in [0.717, 1.165) is 0 Å². The average molecular weight is 198 g/mol. The van der Waals surface area contributed by atoms with E-state index < -0.39 is 8.07 Å². The lowest BCUT2D eigenvalue weighted by Crippen LogP contribution is -2.27. The van der Waals surface area contributed by atoms with Crippen molar-refractivity contribution in [3.05, 3.63) is 24.8 Å². The largest absolute Gasteiger partial charge is 0.370 e. The quantitative estimate of drug-likeness (QED) is 0.469. The Kier molecular flexibility index (Phi) is 6.00. The maximum atomic E-state index is 5.64. The molecule has 0 aliphatic carbocycles. The predicted molar refractivity (Wildman–Crippen MR) is 62.9 cm³/mol. The van der Waals surface area contributed by atoms with Crippen molar-refractivity contribution in [1.82, 2.24) is 0 Å². The first kappa shape index (κ1) is 12.7. The third kappa shape index (κ3) is 8.00. The first-order valence-corrected chi connectivity index (χ1v) is 8.55. The third-order valence-electron chi connectivity index (χ3n) is 1.65. The van der Waals surface area contributed by atoms with Crippen molar-refractivity contribution in [2.24, 2.45) is 0 Å². The summed E-state index contributed by atoms with van der Waals surface area (Å²) in [5.74, 6) is 0. The number of rotatable bonds is 6. The minimum atomic E-state index is -1.02. The Morgan fingerprint density at radius 2 is 2.00 bits per heavy atom. The molecular formula is C11H22OSi. The summed E-state index contributed by atoms with van der Waals surface area (Å²) in [5, 5.41) is 0. The second kappa shape index (κ2) is 6.16. The van der Waals surface area contributed by atoms with Crippen LogP contribution in [0.15, 0.2) is 24.8 Å². The van der Waals surface area contributed by atoms with Crippen molar-refractivity contribution in [2.45, 2.75) is 38.7 Å². The van der Waals surface area contributed by atoms with Crippen molar-refractivity contribution in [3.63, 3.8) is 0 Å². The fourth-order valence-electron chi connectivity index (χ4n) is 1.19. The Morgan fingerprint density at radius 3 is 2.38 bits per heavy atom. The van der Waals surface area contributed by atoms with Crippen LogP contribution < -0.4 is 0 Å². The maximum absolute atomic E-state index is 5.64. The molecule has 0 amide bonds. The Balaban J connectivity index is 4.01. The monoisotopic (exact) mass is 198 g/mol. The SMILES string of the molecule is C=CCO[C@H](/C=C/C)C[Si](C)(C)C. The summed E-state index contributed by atoms with van der Waals surface area (Å²) in [7, 11) is -1.02. The number of hydrogen-bond donors (Lipinski definition) is 0. The molecular weight excluding hydrogens is 176 g/mol. The fraction of sp³-hybridized carbons (Fsp3) is 0.636. The smallest absolute Gasteiger partial charge is 0.0736 e. The highest BCUT2D eigenvalue weighted by molar-refractivity contribution is 6.76. The Morgan fingerprint density at radius 1 is 1.38 bits per heavy atom. The van der Waals surface area contributed by atoms with Gasteiger partial charge in [0.25, 0.3) is 0 Å². The number of allylic oxidation sites excluding steroid dienone is 1. The second-order valence-corrected chi connectivity index (χ2v) is 9.98. The summed E-state index contributed by atoms with van der Waals surface area (Å²) in [5.41, 5.74) is 0. The second-order valence-electron chi connectivity index (χ2n) is 4.45. The van der Waals surface area contributed by atoms with E-state index in [4.69, 9.17) is 4.74 Å². The summed E-state index contributed by atoms with van der Waals surface area (Å²) in [6.07, 6.45) is 6.30. The molecule has 1 nitrogen and oxygen atoms in total. The van der Waals surface area contributed by atoms with Gasteiger partial charge in [0.1, 0.15) is 0 Å². The maximum Gasteiger partial charge on any atom is 0.0736 e. The molecule has 1 atom stereocenters. The van der Waals surface area contributed by atoms with Gasteiger partial charge in [-0.1, -0.05) is 37.9 Å². The Hall–Kier alpha value is -0.343. The summed E-state index contributed by atoms with van der Waals surface area (Å²) >= 11 is 0. The molecule has 0 fully saturated rings. The molecule has 0 aliphatic heterocycles. The van der Waals surface area contributed by atoms with Crippen LogP contribution >= 0.6 is 0 Å². The van der Waals surface area contributed by atoms with Crippen LogP contribution in [0.5, 0.6) is 0 Å². The standard InChI is InChI=1S/C11H22OSi/c1-6-8-11(12-9-7-2)10-13(3,4)5/h6-8,11H,2,9-10H2,1,3-5H3/b8-6+/t11-/m1/s1. The van der Waals surface area contributed by atoms with Gasteiger partial charge in [-0.05, 0) is 13.0 Å². The van der Waals surface area contributed by atoms with Crippen molar-refractivity contribution < 1.29 is 4.74 Å². The van der Waals surface area contributed by atoms with Gasteiger partial charge in [0, 0.05) is 8.07 Å². The molecule has 0 spiro atoms. The highest BCUT2D eigenvalue weighted by Crippen LogP contribution is 2.15. The summed E-state index contributed by atoms with van der Waals surface area (Å²) in [6, 6.07) is 1.19. The molecule has 0 heterocycles. The van der Waals surface area contributed by atoms with Crippen LogP contribution in [0.4, 0.5) is 0 Å². The van der Waals surface area contributed by atoms with Crippen molar-refractivity contribution in [3.8, 4) is 0 Å². The van der Waals surface area contributed by atoms with Gasteiger partial charge < -0.3 is 4.74 Å². The molecule has 0 aliphatic rings. The van der Waals surface area contributed by atoms with Gasteiger partial charge in [0.05, 0.1) is 12.7 Å². The van der Waals surface area contributed by atoms with Crippen LogP contribution in [-0.4, -0.2) is 20.8 Å². The minimum absolute atomic E-state index is 0.287. The molecule has 0 N–H and O–H groups in total. The van der Waals surface area contributed by atoms with Crippen LogP contribution in [-0.2, 0) is 4.74 Å². The molecule has 0 unspecified atom stereocenters. The van der Waals surface area contributed by atoms with Gasteiger partial charge in [-0.25, -0.2) is 0 Å². The van der Waals surface area contributed by atoms with Crippen molar-refractivity contribution in [1.29, 1.82) is 0 Å². The third-order valence-corrected chi connectivity index (χ3v) is 3.28. The van der Waals surface area contributed by atoms with Gasteiger partial charge in [0.2, 0.25) is 0 Å². The van der Waals surface area contributed by atoms with E-state index in [2.05, 4.69) is 38.4 Å². The first-order valence-electron chi connectivity index (χ1n) is 4.85. The molecule has 0 rings (SSSR count). The van der Waals surface area contributed by atoms with Crippen LogP contribution in [0.25, 0.3) is 0 Å². The van der Waals surface area contributed by atoms with Crippen LogP contribution in [0, 0.1) is 0 Å².